The van der Waals surface area contributed by atoms with Crippen molar-refractivity contribution in [3.63, 3.8) is 0 Å². The van der Waals surface area contributed by atoms with E-state index in [1.54, 1.807) is 18.2 Å². The lowest BCUT2D eigenvalue weighted by Gasteiger charge is -2.16. The fourth-order valence-electron chi connectivity index (χ4n) is 1.55. The maximum absolute atomic E-state index is 9.86. The van der Waals surface area contributed by atoms with E-state index in [2.05, 4.69) is 22.6 Å². The molecule has 0 aliphatic rings. The average Bonchev–Trinajstić information content (AvgIpc) is 2.37. The van der Waals surface area contributed by atoms with E-state index in [0.717, 1.165) is 0 Å². The molecule has 0 spiro atoms. The molecule has 2 aromatic rings. The van der Waals surface area contributed by atoms with Gasteiger partial charge in [-0.2, -0.15) is 12.6 Å². The smallest absolute Gasteiger partial charge is 0.140 e. The standard InChI is InChI=1S/C11H11ClN2O2S/c12-11-7-3-6(10(16)9(15)4-17)1-2-8(7)13-5-14-11/h1-3,5,9-10,15-17H,4H2. The highest BCUT2D eigenvalue weighted by molar-refractivity contribution is 7.80. The van der Waals surface area contributed by atoms with Crippen LogP contribution < -0.4 is 0 Å². The van der Waals surface area contributed by atoms with Crippen LogP contribution in [0.25, 0.3) is 10.9 Å². The van der Waals surface area contributed by atoms with Crippen molar-refractivity contribution < 1.29 is 10.2 Å². The van der Waals surface area contributed by atoms with Crippen molar-refractivity contribution in [2.75, 3.05) is 5.75 Å². The minimum atomic E-state index is -0.992. The van der Waals surface area contributed by atoms with Crippen LogP contribution in [-0.4, -0.2) is 32.0 Å². The molecule has 0 bridgehead atoms. The number of aliphatic hydroxyl groups excluding tert-OH is 2. The Bertz CT molecular complexity index is 538. The van der Waals surface area contributed by atoms with Crippen LogP contribution in [-0.2, 0) is 0 Å². The summed E-state index contributed by atoms with van der Waals surface area (Å²) in [4.78, 5) is 7.92. The lowest BCUT2D eigenvalue weighted by molar-refractivity contribution is 0.0338. The molecule has 2 atom stereocenters. The predicted octanol–water partition coefficient (Wildman–Crippen LogP) is 1.61. The van der Waals surface area contributed by atoms with Crippen LogP contribution in [0.2, 0.25) is 5.15 Å². The molecule has 0 saturated carbocycles. The number of hydrogen-bond acceptors (Lipinski definition) is 5. The van der Waals surface area contributed by atoms with E-state index in [4.69, 9.17) is 11.6 Å². The fraction of sp³-hybridized carbons (Fsp3) is 0.273. The van der Waals surface area contributed by atoms with Crippen molar-refractivity contribution in [1.29, 1.82) is 0 Å². The van der Waals surface area contributed by atoms with E-state index in [1.165, 1.54) is 6.33 Å². The highest BCUT2D eigenvalue weighted by atomic mass is 35.5. The van der Waals surface area contributed by atoms with Crippen molar-refractivity contribution in [3.05, 3.63) is 35.2 Å². The molecular formula is C11H11ClN2O2S. The summed E-state index contributed by atoms with van der Waals surface area (Å²) in [5.74, 6) is 0.179. The molecule has 2 unspecified atom stereocenters. The Morgan fingerprint density at radius 1 is 1.29 bits per heavy atom. The zero-order chi connectivity index (χ0) is 12.4. The van der Waals surface area contributed by atoms with E-state index < -0.39 is 12.2 Å². The van der Waals surface area contributed by atoms with E-state index in [1.807, 2.05) is 0 Å². The Labute approximate surface area is 109 Å². The molecule has 0 saturated heterocycles. The molecule has 1 heterocycles. The molecule has 90 valence electrons. The third-order valence-corrected chi connectivity index (χ3v) is 3.18. The van der Waals surface area contributed by atoms with Crippen LogP contribution in [0.1, 0.15) is 11.7 Å². The van der Waals surface area contributed by atoms with Crippen molar-refractivity contribution in [1.82, 2.24) is 9.97 Å². The van der Waals surface area contributed by atoms with Crippen molar-refractivity contribution >= 4 is 35.1 Å². The zero-order valence-electron chi connectivity index (χ0n) is 8.79. The molecule has 0 fully saturated rings. The molecule has 4 nitrogen and oxygen atoms in total. The number of nitrogens with zero attached hydrogens (tertiary/aromatic N) is 2. The molecule has 2 rings (SSSR count). The van der Waals surface area contributed by atoms with Gasteiger partial charge in [-0.1, -0.05) is 17.7 Å². The number of thiol groups is 1. The number of aromatic nitrogens is 2. The number of aliphatic hydroxyl groups is 2. The summed E-state index contributed by atoms with van der Waals surface area (Å²) in [7, 11) is 0. The Kier molecular flexibility index (Phi) is 3.83. The van der Waals surface area contributed by atoms with Gasteiger partial charge in [-0.25, -0.2) is 9.97 Å². The van der Waals surface area contributed by atoms with Crippen molar-refractivity contribution in [2.24, 2.45) is 0 Å². The molecule has 2 N–H and O–H groups in total. The first-order chi connectivity index (χ1) is 8.13. The Balaban J connectivity index is 2.47. The largest absolute Gasteiger partial charge is 0.389 e. The zero-order valence-corrected chi connectivity index (χ0v) is 10.4. The van der Waals surface area contributed by atoms with Gasteiger partial charge in [0.25, 0.3) is 0 Å². The second kappa shape index (κ2) is 5.18. The van der Waals surface area contributed by atoms with Gasteiger partial charge in [0.15, 0.2) is 0 Å². The van der Waals surface area contributed by atoms with Gasteiger partial charge >= 0.3 is 0 Å². The maximum atomic E-state index is 9.86. The molecule has 0 radical (unpaired) electrons. The van der Waals surface area contributed by atoms with Crippen LogP contribution >= 0.6 is 24.2 Å². The second-order valence-electron chi connectivity index (χ2n) is 3.64. The predicted molar refractivity (Wildman–Crippen MR) is 69.4 cm³/mol. The normalized spacial score (nSPS) is 14.8. The Morgan fingerprint density at radius 3 is 2.76 bits per heavy atom. The van der Waals surface area contributed by atoms with E-state index >= 15 is 0 Å². The van der Waals surface area contributed by atoms with E-state index in [9.17, 15) is 10.2 Å². The number of fused-ring (bicyclic) bond motifs is 1. The Morgan fingerprint density at radius 2 is 2.06 bits per heavy atom. The SMILES string of the molecule is OC(CS)C(O)c1ccc2ncnc(Cl)c2c1. The van der Waals surface area contributed by atoms with Gasteiger partial charge in [0.05, 0.1) is 11.6 Å². The Hall–Kier alpha value is -0.880. The fourth-order valence-corrected chi connectivity index (χ4v) is 1.94. The first-order valence-electron chi connectivity index (χ1n) is 5.00. The summed E-state index contributed by atoms with van der Waals surface area (Å²) in [6.45, 7) is 0. The summed E-state index contributed by atoms with van der Waals surface area (Å²) < 4.78 is 0. The molecule has 1 aromatic carbocycles. The average molecular weight is 271 g/mol. The van der Waals surface area contributed by atoms with Crippen LogP contribution in [0.5, 0.6) is 0 Å². The quantitative estimate of drug-likeness (QED) is 0.586. The number of halogens is 1. The number of rotatable bonds is 3. The van der Waals surface area contributed by atoms with Gasteiger partial charge in [0.2, 0.25) is 0 Å². The third-order valence-electron chi connectivity index (χ3n) is 2.50. The molecule has 0 aliphatic carbocycles. The summed E-state index contributed by atoms with van der Waals surface area (Å²) in [6.07, 6.45) is -0.532. The van der Waals surface area contributed by atoms with Crippen molar-refractivity contribution in [3.8, 4) is 0 Å². The summed E-state index contributed by atoms with van der Waals surface area (Å²) in [5, 5.41) is 20.4. The van der Waals surface area contributed by atoms with Gasteiger partial charge in [0.1, 0.15) is 17.6 Å². The van der Waals surface area contributed by atoms with E-state index in [-0.39, 0.29) is 5.75 Å². The van der Waals surface area contributed by atoms with Crippen LogP contribution in [0, 0.1) is 0 Å². The molecule has 6 heteroatoms. The molecular weight excluding hydrogens is 260 g/mol. The van der Waals surface area contributed by atoms with Gasteiger partial charge in [0, 0.05) is 11.1 Å². The lowest BCUT2D eigenvalue weighted by atomic mass is 10.0. The number of hydrogen-bond donors (Lipinski definition) is 3. The van der Waals surface area contributed by atoms with Crippen molar-refractivity contribution in [2.45, 2.75) is 12.2 Å². The third kappa shape index (κ3) is 2.52. The molecule has 0 aliphatic heterocycles. The first-order valence-corrected chi connectivity index (χ1v) is 6.01. The summed E-state index contributed by atoms with van der Waals surface area (Å²) in [5.41, 5.74) is 1.26. The molecule has 17 heavy (non-hydrogen) atoms. The number of benzene rings is 1. The van der Waals surface area contributed by atoms with E-state index in [0.29, 0.717) is 21.6 Å². The summed E-state index contributed by atoms with van der Waals surface area (Å²) >= 11 is 9.87. The maximum Gasteiger partial charge on any atom is 0.140 e. The van der Waals surface area contributed by atoms with Crippen LogP contribution in [0.4, 0.5) is 0 Å². The molecule has 1 aromatic heterocycles. The first kappa shape index (κ1) is 12.6. The molecule has 0 amide bonds. The highest BCUT2D eigenvalue weighted by Gasteiger charge is 2.17. The lowest BCUT2D eigenvalue weighted by Crippen LogP contribution is -2.19. The minimum Gasteiger partial charge on any atom is -0.389 e. The second-order valence-corrected chi connectivity index (χ2v) is 4.36. The van der Waals surface area contributed by atoms with Gasteiger partial charge in [-0.15, -0.1) is 0 Å². The van der Waals surface area contributed by atoms with Crippen LogP contribution in [0.15, 0.2) is 24.5 Å². The minimum absolute atomic E-state index is 0.179. The van der Waals surface area contributed by atoms with Gasteiger partial charge in [-0.3, -0.25) is 0 Å². The monoisotopic (exact) mass is 270 g/mol. The van der Waals surface area contributed by atoms with Gasteiger partial charge < -0.3 is 10.2 Å². The summed E-state index contributed by atoms with van der Waals surface area (Å²) in [6, 6.07) is 5.10. The van der Waals surface area contributed by atoms with Crippen LogP contribution in [0.3, 0.4) is 0 Å². The highest BCUT2D eigenvalue weighted by Crippen LogP contribution is 2.25. The topological polar surface area (TPSA) is 66.2 Å². The van der Waals surface area contributed by atoms with Gasteiger partial charge in [-0.05, 0) is 17.7 Å².